The maximum atomic E-state index is 11.6. The van der Waals surface area contributed by atoms with Gasteiger partial charge in [0, 0.05) is 10.9 Å². The molecule has 0 radical (unpaired) electrons. The van der Waals surface area contributed by atoms with Gasteiger partial charge in [0.1, 0.15) is 6.10 Å². The van der Waals surface area contributed by atoms with Crippen molar-refractivity contribution in [1.82, 2.24) is 0 Å². The topological polar surface area (TPSA) is 35.5 Å². The molecule has 1 aromatic carbocycles. The summed E-state index contributed by atoms with van der Waals surface area (Å²) >= 11 is 3.37. The van der Waals surface area contributed by atoms with Gasteiger partial charge in [-0.1, -0.05) is 28.1 Å². The van der Waals surface area contributed by atoms with E-state index in [-0.39, 0.29) is 12.1 Å². The summed E-state index contributed by atoms with van der Waals surface area (Å²) in [5.74, 6) is -0.186. The average molecular weight is 285 g/mol. The van der Waals surface area contributed by atoms with Crippen molar-refractivity contribution in [3.05, 3.63) is 34.3 Å². The van der Waals surface area contributed by atoms with Gasteiger partial charge in [0.15, 0.2) is 0 Å². The molecule has 1 aliphatic heterocycles. The molecule has 1 unspecified atom stereocenters. The molecule has 1 atom stereocenters. The van der Waals surface area contributed by atoms with E-state index in [9.17, 15) is 4.79 Å². The third kappa shape index (κ3) is 3.32. The maximum absolute atomic E-state index is 11.6. The van der Waals surface area contributed by atoms with E-state index in [1.54, 1.807) is 0 Å². The normalized spacial score (nSPS) is 19.7. The summed E-state index contributed by atoms with van der Waals surface area (Å²) in [4.78, 5) is 11.6. The Balaban J connectivity index is 1.86. The molecule has 0 aliphatic carbocycles. The van der Waals surface area contributed by atoms with Gasteiger partial charge < -0.3 is 9.47 Å². The van der Waals surface area contributed by atoms with Crippen molar-refractivity contribution in [2.45, 2.75) is 18.9 Å². The Bertz CT molecular complexity index is 372. The second-order valence-corrected chi connectivity index (χ2v) is 4.70. The number of esters is 1. The first-order valence-corrected chi connectivity index (χ1v) is 6.05. The van der Waals surface area contributed by atoms with Gasteiger partial charge >= 0.3 is 5.97 Å². The molecule has 1 heterocycles. The van der Waals surface area contributed by atoms with Crippen LogP contribution < -0.4 is 0 Å². The summed E-state index contributed by atoms with van der Waals surface area (Å²) in [6.45, 7) is 1.22. The minimum absolute atomic E-state index is 0.0559. The third-order valence-electron chi connectivity index (χ3n) is 2.42. The van der Waals surface area contributed by atoms with E-state index >= 15 is 0 Å². The first-order valence-electron chi connectivity index (χ1n) is 5.26. The quantitative estimate of drug-likeness (QED) is 0.800. The van der Waals surface area contributed by atoms with Gasteiger partial charge in [0.25, 0.3) is 0 Å². The summed E-state index contributed by atoms with van der Waals surface area (Å²) in [5.41, 5.74) is 0.957. The number of carbonyl (C=O) groups is 1. The summed E-state index contributed by atoms with van der Waals surface area (Å²) in [7, 11) is 0. The first-order chi connectivity index (χ1) is 7.74. The fourth-order valence-corrected chi connectivity index (χ4v) is 2.09. The highest BCUT2D eigenvalue weighted by atomic mass is 79.9. The largest absolute Gasteiger partial charge is 0.460 e. The zero-order chi connectivity index (χ0) is 11.4. The molecule has 0 saturated carbocycles. The Hall–Kier alpha value is -0.870. The summed E-state index contributed by atoms with van der Waals surface area (Å²) in [6, 6.07) is 7.68. The molecular formula is C12H13BrO3. The highest BCUT2D eigenvalue weighted by Crippen LogP contribution is 2.14. The molecule has 0 aromatic heterocycles. The van der Waals surface area contributed by atoms with Crippen molar-refractivity contribution in [2.24, 2.45) is 0 Å². The number of rotatable bonds is 3. The van der Waals surface area contributed by atoms with Crippen LogP contribution in [0.4, 0.5) is 0 Å². The minimum Gasteiger partial charge on any atom is -0.460 e. The molecule has 0 N–H and O–H groups in total. The highest BCUT2D eigenvalue weighted by Gasteiger charge is 2.19. The van der Waals surface area contributed by atoms with Crippen LogP contribution >= 0.6 is 15.9 Å². The Kier molecular flexibility index (Phi) is 3.96. The highest BCUT2D eigenvalue weighted by molar-refractivity contribution is 9.10. The lowest BCUT2D eigenvalue weighted by Crippen LogP contribution is -2.19. The fraction of sp³-hybridized carbons (Fsp3) is 0.417. The van der Waals surface area contributed by atoms with Crippen LogP contribution in [0.15, 0.2) is 28.7 Å². The molecule has 1 saturated heterocycles. The molecule has 1 fully saturated rings. The molecule has 2 rings (SSSR count). The van der Waals surface area contributed by atoms with Gasteiger partial charge in [-0.2, -0.15) is 0 Å². The van der Waals surface area contributed by atoms with E-state index < -0.39 is 0 Å². The molecule has 0 bridgehead atoms. The Labute approximate surface area is 103 Å². The number of ether oxygens (including phenoxy) is 2. The zero-order valence-electron chi connectivity index (χ0n) is 8.82. The van der Waals surface area contributed by atoms with Crippen LogP contribution in [0.25, 0.3) is 0 Å². The molecule has 1 aromatic rings. The van der Waals surface area contributed by atoms with Crippen LogP contribution in [-0.4, -0.2) is 25.3 Å². The average Bonchev–Trinajstić information content (AvgIpc) is 2.70. The van der Waals surface area contributed by atoms with Crippen LogP contribution in [0.2, 0.25) is 0 Å². The number of hydrogen-bond donors (Lipinski definition) is 0. The summed E-state index contributed by atoms with van der Waals surface area (Å²) in [5, 5.41) is 0. The number of benzene rings is 1. The molecular weight excluding hydrogens is 272 g/mol. The lowest BCUT2D eigenvalue weighted by atomic mass is 10.1. The lowest BCUT2D eigenvalue weighted by molar-refractivity contribution is -0.148. The van der Waals surface area contributed by atoms with E-state index in [1.165, 1.54) is 0 Å². The van der Waals surface area contributed by atoms with Crippen molar-refractivity contribution in [3.8, 4) is 0 Å². The van der Waals surface area contributed by atoms with Crippen molar-refractivity contribution >= 4 is 21.9 Å². The SMILES string of the molecule is O=C(Cc1cccc(Br)c1)OC1CCOC1. The lowest BCUT2D eigenvalue weighted by Gasteiger charge is -2.09. The third-order valence-corrected chi connectivity index (χ3v) is 2.92. The van der Waals surface area contributed by atoms with Crippen molar-refractivity contribution in [2.75, 3.05) is 13.2 Å². The van der Waals surface area contributed by atoms with Gasteiger partial charge in [-0.15, -0.1) is 0 Å². The predicted octanol–water partition coefficient (Wildman–Crippen LogP) is 2.32. The van der Waals surface area contributed by atoms with Crippen LogP contribution in [0.5, 0.6) is 0 Å². The summed E-state index contributed by atoms with van der Waals surface area (Å²) in [6.07, 6.45) is 1.07. The van der Waals surface area contributed by atoms with Gasteiger partial charge in [-0.25, -0.2) is 0 Å². The van der Waals surface area contributed by atoms with Gasteiger partial charge in [0.05, 0.1) is 19.6 Å². The molecule has 3 nitrogen and oxygen atoms in total. The molecule has 16 heavy (non-hydrogen) atoms. The second-order valence-electron chi connectivity index (χ2n) is 3.78. The number of hydrogen-bond acceptors (Lipinski definition) is 3. The van der Waals surface area contributed by atoms with Gasteiger partial charge in [0.2, 0.25) is 0 Å². The monoisotopic (exact) mass is 284 g/mol. The molecule has 1 aliphatic rings. The molecule has 86 valence electrons. The molecule has 4 heteroatoms. The van der Waals surface area contributed by atoms with Crippen molar-refractivity contribution < 1.29 is 14.3 Å². The Morgan fingerprint density at radius 3 is 3.12 bits per heavy atom. The minimum atomic E-state index is -0.186. The van der Waals surface area contributed by atoms with E-state index in [0.29, 0.717) is 19.6 Å². The molecule has 0 spiro atoms. The zero-order valence-corrected chi connectivity index (χ0v) is 10.4. The Morgan fingerprint density at radius 1 is 1.56 bits per heavy atom. The maximum Gasteiger partial charge on any atom is 0.310 e. The van der Waals surface area contributed by atoms with Crippen LogP contribution in [-0.2, 0) is 20.7 Å². The van der Waals surface area contributed by atoms with Gasteiger partial charge in [-0.05, 0) is 17.7 Å². The predicted molar refractivity (Wildman–Crippen MR) is 63.2 cm³/mol. The van der Waals surface area contributed by atoms with Crippen molar-refractivity contribution in [3.63, 3.8) is 0 Å². The van der Waals surface area contributed by atoms with Crippen molar-refractivity contribution in [1.29, 1.82) is 0 Å². The Morgan fingerprint density at radius 2 is 2.44 bits per heavy atom. The van der Waals surface area contributed by atoms with Crippen LogP contribution in [0, 0.1) is 0 Å². The van der Waals surface area contributed by atoms with E-state index in [2.05, 4.69) is 15.9 Å². The first kappa shape index (κ1) is 11.6. The number of halogens is 1. The standard InChI is InChI=1S/C12H13BrO3/c13-10-3-1-2-9(6-10)7-12(14)16-11-4-5-15-8-11/h1-3,6,11H,4-5,7-8H2. The fourth-order valence-electron chi connectivity index (χ4n) is 1.65. The second kappa shape index (κ2) is 5.46. The number of carbonyl (C=O) groups excluding carboxylic acids is 1. The van der Waals surface area contributed by atoms with Crippen LogP contribution in [0.1, 0.15) is 12.0 Å². The summed E-state index contributed by atoms with van der Waals surface area (Å²) < 4.78 is 11.4. The van der Waals surface area contributed by atoms with Gasteiger partial charge in [-0.3, -0.25) is 4.79 Å². The van der Waals surface area contributed by atoms with Crippen LogP contribution in [0.3, 0.4) is 0 Å². The smallest absolute Gasteiger partial charge is 0.310 e. The van der Waals surface area contributed by atoms with E-state index in [4.69, 9.17) is 9.47 Å². The van der Waals surface area contributed by atoms with E-state index in [0.717, 1.165) is 16.5 Å². The van der Waals surface area contributed by atoms with E-state index in [1.807, 2.05) is 24.3 Å². The molecule has 0 amide bonds.